The lowest BCUT2D eigenvalue weighted by molar-refractivity contribution is 1.42. The molecule has 1 rings (SSSR count). The minimum atomic E-state index is 0.167. The van der Waals surface area contributed by atoms with Crippen LogP contribution < -0.4 is 5.73 Å². The van der Waals surface area contributed by atoms with Crippen molar-refractivity contribution < 1.29 is 0 Å². The number of nitrogens with one attached hydrogen (secondary N) is 1. The quantitative estimate of drug-likeness (QED) is 0.483. The van der Waals surface area contributed by atoms with Crippen molar-refractivity contribution in [2.24, 2.45) is 5.73 Å². The summed E-state index contributed by atoms with van der Waals surface area (Å²) in [6.45, 7) is 5.16. The van der Waals surface area contributed by atoms with Gasteiger partial charge in [-0.3, -0.25) is 5.41 Å². The monoisotopic (exact) mass is 162 g/mol. The maximum absolute atomic E-state index is 6.28. The molecule has 12 heavy (non-hydrogen) atoms. The molecule has 1 aromatic carbocycles. The van der Waals surface area contributed by atoms with Crippen molar-refractivity contribution in [2.45, 2.75) is 6.92 Å². The third-order valence-corrected chi connectivity index (χ3v) is 1.04. The standard InChI is InChI=1S/C8H8.C2H6N2/c1-2-8-6-4-3-5-7-8;1-2(3)4/h2-7H,1H2;1H3,(H3,3,4). The van der Waals surface area contributed by atoms with Gasteiger partial charge in [-0.2, -0.15) is 0 Å². The molecule has 0 radical (unpaired) electrons. The minimum absolute atomic E-state index is 0.167. The summed E-state index contributed by atoms with van der Waals surface area (Å²) >= 11 is 0. The van der Waals surface area contributed by atoms with Gasteiger partial charge in [0.15, 0.2) is 0 Å². The van der Waals surface area contributed by atoms with Crippen LogP contribution in [0, 0.1) is 5.41 Å². The van der Waals surface area contributed by atoms with Crippen LogP contribution in [0.2, 0.25) is 0 Å². The first kappa shape index (κ1) is 10.4. The summed E-state index contributed by atoms with van der Waals surface area (Å²) in [5.41, 5.74) is 5.87. The highest BCUT2D eigenvalue weighted by molar-refractivity contribution is 5.73. The molecule has 0 aliphatic carbocycles. The smallest absolute Gasteiger partial charge is 0.0873 e. The molecule has 2 nitrogen and oxygen atoms in total. The fourth-order valence-corrected chi connectivity index (χ4v) is 0.589. The van der Waals surface area contributed by atoms with Gasteiger partial charge < -0.3 is 5.73 Å². The Morgan fingerprint density at radius 3 is 2.08 bits per heavy atom. The van der Waals surface area contributed by atoms with Gasteiger partial charge >= 0.3 is 0 Å². The maximum Gasteiger partial charge on any atom is 0.0873 e. The summed E-state index contributed by atoms with van der Waals surface area (Å²) in [7, 11) is 0. The van der Waals surface area contributed by atoms with Gasteiger partial charge in [0.1, 0.15) is 0 Å². The summed E-state index contributed by atoms with van der Waals surface area (Å²) in [5, 5.41) is 6.28. The highest BCUT2D eigenvalue weighted by atomic mass is 14.7. The Bertz CT molecular complexity index is 235. The lowest BCUT2D eigenvalue weighted by Crippen LogP contribution is -2.00. The molecule has 0 saturated carbocycles. The molecule has 0 atom stereocenters. The molecule has 0 unspecified atom stereocenters. The van der Waals surface area contributed by atoms with Gasteiger partial charge in [-0.1, -0.05) is 43.0 Å². The highest BCUT2D eigenvalue weighted by Gasteiger charge is 1.75. The highest BCUT2D eigenvalue weighted by Crippen LogP contribution is 1.97. The Morgan fingerprint density at radius 1 is 1.42 bits per heavy atom. The lowest BCUT2D eigenvalue weighted by Gasteiger charge is -1.85. The summed E-state index contributed by atoms with van der Waals surface area (Å²) < 4.78 is 0. The van der Waals surface area contributed by atoms with Crippen LogP contribution in [0.5, 0.6) is 0 Å². The number of amidine groups is 1. The Hall–Kier alpha value is -1.57. The van der Waals surface area contributed by atoms with E-state index in [2.05, 4.69) is 6.58 Å². The van der Waals surface area contributed by atoms with Crippen molar-refractivity contribution in [2.75, 3.05) is 0 Å². The summed E-state index contributed by atoms with van der Waals surface area (Å²) in [6.07, 6.45) is 1.83. The molecule has 64 valence electrons. The van der Waals surface area contributed by atoms with Crippen molar-refractivity contribution in [1.82, 2.24) is 0 Å². The van der Waals surface area contributed by atoms with Gasteiger partial charge in [0.05, 0.1) is 5.84 Å². The average Bonchev–Trinajstić information content (AvgIpc) is 2.05. The molecule has 0 aliphatic rings. The molecular weight excluding hydrogens is 148 g/mol. The number of nitrogens with two attached hydrogens (primary N) is 1. The largest absolute Gasteiger partial charge is 0.388 e. The normalized spacial score (nSPS) is 7.75. The first-order valence-corrected chi connectivity index (χ1v) is 3.65. The topological polar surface area (TPSA) is 49.9 Å². The predicted octanol–water partition coefficient (Wildman–Crippen LogP) is 2.27. The molecule has 0 aliphatic heterocycles. The zero-order chi connectivity index (χ0) is 9.40. The molecule has 0 saturated heterocycles. The molecule has 0 aromatic heterocycles. The fraction of sp³-hybridized carbons (Fsp3) is 0.100. The Morgan fingerprint density at radius 2 is 1.83 bits per heavy atom. The average molecular weight is 162 g/mol. The minimum Gasteiger partial charge on any atom is -0.388 e. The molecule has 0 amide bonds. The molecule has 3 N–H and O–H groups in total. The zero-order valence-electron chi connectivity index (χ0n) is 7.25. The molecule has 0 heterocycles. The first-order chi connectivity index (χ1) is 5.66. The molecule has 2 heteroatoms. The van der Waals surface area contributed by atoms with E-state index in [0.29, 0.717) is 0 Å². The van der Waals surface area contributed by atoms with Crippen molar-refractivity contribution in [3.63, 3.8) is 0 Å². The van der Waals surface area contributed by atoms with Crippen LogP contribution in [0.3, 0.4) is 0 Å². The van der Waals surface area contributed by atoms with Crippen LogP contribution in [0.1, 0.15) is 12.5 Å². The van der Waals surface area contributed by atoms with Gasteiger partial charge in [0.2, 0.25) is 0 Å². The summed E-state index contributed by atoms with van der Waals surface area (Å²) in [5.74, 6) is 0.167. The first-order valence-electron chi connectivity index (χ1n) is 3.65. The number of rotatable bonds is 1. The number of benzene rings is 1. The zero-order valence-corrected chi connectivity index (χ0v) is 7.25. The van der Waals surface area contributed by atoms with Crippen LogP contribution in [-0.4, -0.2) is 5.84 Å². The molecule has 0 bridgehead atoms. The van der Waals surface area contributed by atoms with Gasteiger partial charge in [-0.05, 0) is 12.5 Å². The van der Waals surface area contributed by atoms with Gasteiger partial charge in [-0.25, -0.2) is 0 Å². The maximum atomic E-state index is 6.28. The predicted molar refractivity (Wildman–Crippen MR) is 54.1 cm³/mol. The van der Waals surface area contributed by atoms with Crippen LogP contribution in [-0.2, 0) is 0 Å². The van der Waals surface area contributed by atoms with E-state index in [9.17, 15) is 0 Å². The molecular formula is C10H14N2. The second kappa shape index (κ2) is 6.16. The number of hydrogen-bond donors (Lipinski definition) is 2. The van der Waals surface area contributed by atoms with Crippen LogP contribution in [0.25, 0.3) is 6.08 Å². The second-order valence-electron chi connectivity index (χ2n) is 2.30. The van der Waals surface area contributed by atoms with E-state index in [1.165, 1.54) is 12.5 Å². The Balaban J connectivity index is 0.000000261. The van der Waals surface area contributed by atoms with Crippen molar-refractivity contribution in [3.05, 3.63) is 42.5 Å². The van der Waals surface area contributed by atoms with Gasteiger partial charge in [0.25, 0.3) is 0 Å². The molecule has 0 spiro atoms. The third kappa shape index (κ3) is 6.55. The Kier molecular flexibility index (Phi) is 5.35. The summed E-state index contributed by atoms with van der Waals surface area (Å²) in [4.78, 5) is 0. The van der Waals surface area contributed by atoms with Crippen LogP contribution in [0.4, 0.5) is 0 Å². The van der Waals surface area contributed by atoms with E-state index in [0.717, 1.165) is 0 Å². The Labute approximate surface area is 73.2 Å². The number of hydrogen-bond acceptors (Lipinski definition) is 1. The van der Waals surface area contributed by atoms with E-state index >= 15 is 0 Å². The molecule has 0 fully saturated rings. The van der Waals surface area contributed by atoms with E-state index in [1.54, 1.807) is 0 Å². The van der Waals surface area contributed by atoms with Crippen molar-refractivity contribution >= 4 is 11.9 Å². The van der Waals surface area contributed by atoms with E-state index < -0.39 is 0 Å². The lowest BCUT2D eigenvalue weighted by atomic mass is 10.2. The fourth-order valence-electron chi connectivity index (χ4n) is 0.589. The summed E-state index contributed by atoms with van der Waals surface area (Å²) in [6, 6.07) is 10.0. The van der Waals surface area contributed by atoms with Crippen LogP contribution >= 0.6 is 0 Å². The van der Waals surface area contributed by atoms with Gasteiger partial charge in [-0.15, -0.1) is 0 Å². The van der Waals surface area contributed by atoms with Gasteiger partial charge in [0, 0.05) is 0 Å². The van der Waals surface area contributed by atoms with Crippen LogP contribution in [0.15, 0.2) is 36.9 Å². The van der Waals surface area contributed by atoms with Crippen molar-refractivity contribution in [3.8, 4) is 0 Å². The third-order valence-electron chi connectivity index (χ3n) is 1.04. The van der Waals surface area contributed by atoms with Crippen molar-refractivity contribution in [1.29, 1.82) is 5.41 Å². The van der Waals surface area contributed by atoms with E-state index in [1.807, 2.05) is 36.4 Å². The second-order valence-corrected chi connectivity index (χ2v) is 2.30. The van der Waals surface area contributed by atoms with E-state index in [4.69, 9.17) is 11.1 Å². The SMILES string of the molecule is C=Cc1ccccc1.CC(=N)N. The molecule has 1 aromatic rings. The van der Waals surface area contributed by atoms with E-state index in [-0.39, 0.29) is 5.84 Å².